The van der Waals surface area contributed by atoms with Gasteiger partial charge in [0.15, 0.2) is 0 Å². The van der Waals surface area contributed by atoms with Gasteiger partial charge in [0.2, 0.25) is 0 Å². The van der Waals surface area contributed by atoms with Gasteiger partial charge in [-0.2, -0.15) is 13.2 Å². The molecule has 0 radical (unpaired) electrons. The number of rotatable bonds is 3. The van der Waals surface area contributed by atoms with E-state index in [1.54, 1.807) is 0 Å². The molecule has 2 aromatic rings. The maximum atomic E-state index is 14.2. The molecule has 2 unspecified atom stereocenters. The number of aromatic carboxylic acids is 1. The van der Waals surface area contributed by atoms with Gasteiger partial charge in [-0.3, -0.25) is 0 Å². The molecule has 0 bridgehead atoms. The lowest BCUT2D eigenvalue weighted by Gasteiger charge is -2.31. The van der Waals surface area contributed by atoms with Crippen molar-refractivity contribution in [2.45, 2.75) is 22.8 Å². The van der Waals surface area contributed by atoms with E-state index < -0.39 is 22.4 Å². The van der Waals surface area contributed by atoms with E-state index in [1.807, 2.05) is 0 Å². The Morgan fingerprint density at radius 2 is 1.71 bits per heavy atom. The molecule has 1 aliphatic rings. The number of halogens is 7. The summed E-state index contributed by atoms with van der Waals surface area (Å²) in [5.74, 6) is -1.22. The molecule has 28 heavy (non-hydrogen) atoms. The average molecular weight is 515 g/mol. The van der Waals surface area contributed by atoms with Crippen LogP contribution < -0.4 is 0 Å². The summed E-state index contributed by atoms with van der Waals surface area (Å²) < 4.78 is 42.7. The highest BCUT2D eigenvalue weighted by atomic mass is 79.9. The van der Waals surface area contributed by atoms with Gasteiger partial charge in [0.1, 0.15) is 5.41 Å². The smallest absolute Gasteiger partial charge is 0.401 e. The third-order valence-corrected chi connectivity index (χ3v) is 6.22. The first-order valence-electron chi connectivity index (χ1n) is 7.88. The molecule has 0 fully saturated rings. The van der Waals surface area contributed by atoms with Gasteiger partial charge >= 0.3 is 12.1 Å². The zero-order valence-corrected chi connectivity index (χ0v) is 17.7. The molecular weight excluding hydrogens is 503 g/mol. The van der Waals surface area contributed by atoms with E-state index in [4.69, 9.17) is 39.9 Å². The Labute approximate surface area is 182 Å². The van der Waals surface area contributed by atoms with E-state index >= 15 is 0 Å². The first-order chi connectivity index (χ1) is 12.9. The van der Waals surface area contributed by atoms with Gasteiger partial charge < -0.3 is 5.11 Å². The molecule has 0 aliphatic heterocycles. The molecule has 0 aromatic heterocycles. The van der Waals surface area contributed by atoms with Crippen LogP contribution in [0.15, 0.2) is 42.5 Å². The van der Waals surface area contributed by atoms with Crippen molar-refractivity contribution in [3.05, 3.63) is 74.2 Å². The van der Waals surface area contributed by atoms with Crippen molar-refractivity contribution in [2.24, 2.45) is 0 Å². The maximum absolute atomic E-state index is 14.2. The molecule has 0 amide bonds. The van der Waals surface area contributed by atoms with Crippen molar-refractivity contribution >= 4 is 62.3 Å². The van der Waals surface area contributed by atoms with E-state index in [-0.39, 0.29) is 32.6 Å². The van der Waals surface area contributed by atoms with Crippen molar-refractivity contribution in [1.29, 1.82) is 0 Å². The molecule has 148 valence electrons. The summed E-state index contributed by atoms with van der Waals surface area (Å²) >= 11 is 21.2. The Balaban J connectivity index is 2.18. The van der Waals surface area contributed by atoms with Gasteiger partial charge in [-0.05, 0) is 53.5 Å². The van der Waals surface area contributed by atoms with Gasteiger partial charge in [-0.1, -0.05) is 62.9 Å². The quantitative estimate of drug-likeness (QED) is 0.434. The lowest BCUT2D eigenvalue weighted by molar-refractivity contribution is -0.175. The Bertz CT molecular complexity index is 971. The fraction of sp³-hybridized carbons (Fsp3) is 0.211. The van der Waals surface area contributed by atoms with Crippen LogP contribution in [0.4, 0.5) is 13.2 Å². The van der Waals surface area contributed by atoms with E-state index in [9.17, 15) is 18.0 Å². The van der Waals surface area contributed by atoms with Crippen LogP contribution in [0.1, 0.15) is 27.9 Å². The van der Waals surface area contributed by atoms with Gasteiger partial charge in [-0.25, -0.2) is 4.79 Å². The second-order valence-electron chi connectivity index (χ2n) is 6.40. The third-order valence-electron chi connectivity index (χ3n) is 4.66. The second-order valence-corrected chi connectivity index (χ2v) is 8.78. The van der Waals surface area contributed by atoms with E-state index in [0.29, 0.717) is 11.1 Å². The molecule has 0 heterocycles. The number of carbonyl (C=O) groups is 1. The van der Waals surface area contributed by atoms with Crippen LogP contribution >= 0.6 is 50.7 Å². The largest absolute Gasteiger partial charge is 0.478 e. The first-order valence-corrected chi connectivity index (χ1v) is 9.93. The zero-order chi connectivity index (χ0) is 20.9. The van der Waals surface area contributed by atoms with Crippen molar-refractivity contribution < 1.29 is 23.1 Å². The number of hydrogen-bond acceptors (Lipinski definition) is 1. The molecule has 2 nitrogen and oxygen atoms in total. The molecule has 0 saturated heterocycles. The van der Waals surface area contributed by atoms with Crippen LogP contribution in [0.2, 0.25) is 15.1 Å². The Kier molecular flexibility index (Phi) is 5.80. The molecule has 0 saturated carbocycles. The number of allylic oxidation sites excluding steroid dienone is 2. The fourth-order valence-electron chi connectivity index (χ4n) is 3.31. The molecular formula is C19H11BrCl3F3O2. The number of hydrogen-bond donors (Lipinski definition) is 1. The van der Waals surface area contributed by atoms with Gasteiger partial charge in [-0.15, -0.1) is 0 Å². The highest BCUT2D eigenvalue weighted by molar-refractivity contribution is 9.09. The summed E-state index contributed by atoms with van der Waals surface area (Å²) in [4.78, 5) is 10.5. The number of benzene rings is 2. The Hall–Kier alpha value is -1.21. The number of carboxylic acid groups (broad SMARTS) is 1. The average Bonchev–Trinajstić information content (AvgIpc) is 2.92. The van der Waals surface area contributed by atoms with Gasteiger partial charge in [0, 0.05) is 14.9 Å². The Morgan fingerprint density at radius 1 is 1.11 bits per heavy atom. The van der Waals surface area contributed by atoms with Gasteiger partial charge in [0.25, 0.3) is 0 Å². The van der Waals surface area contributed by atoms with Crippen molar-refractivity contribution in [3.63, 3.8) is 0 Å². The van der Waals surface area contributed by atoms with E-state index in [2.05, 4.69) is 15.9 Å². The topological polar surface area (TPSA) is 37.3 Å². The summed E-state index contributed by atoms with van der Waals surface area (Å²) in [6.07, 6.45) is -3.79. The normalized spacial score (nSPS) is 22.2. The van der Waals surface area contributed by atoms with Gasteiger partial charge in [0.05, 0.1) is 10.6 Å². The van der Waals surface area contributed by atoms with E-state index in [0.717, 1.165) is 6.08 Å². The van der Waals surface area contributed by atoms with Crippen molar-refractivity contribution in [1.82, 2.24) is 0 Å². The molecule has 1 N–H and O–H groups in total. The predicted octanol–water partition coefficient (Wildman–Crippen LogP) is 7.40. The summed E-state index contributed by atoms with van der Waals surface area (Å²) in [6.45, 7) is 0. The van der Waals surface area contributed by atoms with Crippen LogP contribution in [-0.4, -0.2) is 22.1 Å². The fourth-order valence-corrected chi connectivity index (χ4v) is 5.01. The molecule has 1 aliphatic carbocycles. The van der Waals surface area contributed by atoms with Crippen LogP contribution in [0.25, 0.3) is 5.57 Å². The standard InChI is InChI=1S/C19H11BrCl3F3O2/c20-15-8-18(19(24,25)26,10-4-11(21)6-12(22)5-10)7-14(15)9-1-2-13(17(27)28)16(23)3-9/h1-7,15H,8H2,(H,27,28). The summed E-state index contributed by atoms with van der Waals surface area (Å²) in [5, 5.41) is 9.24. The SMILES string of the molecule is O=C(O)c1ccc(C2=CC(c3cc(Cl)cc(Cl)c3)(C(F)(F)F)CC2Br)cc1Cl. The maximum Gasteiger partial charge on any atom is 0.401 e. The third kappa shape index (κ3) is 3.80. The number of carboxylic acids is 1. The highest BCUT2D eigenvalue weighted by Gasteiger charge is 2.58. The number of alkyl halides is 4. The lowest BCUT2D eigenvalue weighted by atomic mass is 9.79. The highest BCUT2D eigenvalue weighted by Crippen LogP contribution is 2.55. The van der Waals surface area contributed by atoms with Crippen LogP contribution in [0.5, 0.6) is 0 Å². The van der Waals surface area contributed by atoms with Crippen molar-refractivity contribution in [3.8, 4) is 0 Å². The predicted molar refractivity (Wildman–Crippen MR) is 108 cm³/mol. The lowest BCUT2D eigenvalue weighted by Crippen LogP contribution is -2.39. The van der Waals surface area contributed by atoms with Crippen molar-refractivity contribution in [2.75, 3.05) is 0 Å². The molecule has 9 heteroatoms. The van der Waals surface area contributed by atoms with Crippen LogP contribution in [0, 0.1) is 0 Å². The summed E-state index contributed by atoms with van der Waals surface area (Å²) in [7, 11) is 0. The minimum absolute atomic E-state index is 0.0547. The minimum atomic E-state index is -4.61. The zero-order valence-electron chi connectivity index (χ0n) is 13.8. The minimum Gasteiger partial charge on any atom is -0.478 e. The molecule has 2 atom stereocenters. The molecule has 2 aromatic carbocycles. The molecule has 3 rings (SSSR count). The van der Waals surface area contributed by atoms with E-state index in [1.165, 1.54) is 36.4 Å². The summed E-state index contributed by atoms with van der Waals surface area (Å²) in [6, 6.07) is 7.92. The molecule has 0 spiro atoms. The Morgan fingerprint density at radius 3 is 2.21 bits per heavy atom. The first kappa shape index (κ1) is 21.5. The monoisotopic (exact) mass is 512 g/mol. The second kappa shape index (κ2) is 7.56. The van der Waals surface area contributed by atoms with Crippen LogP contribution in [-0.2, 0) is 5.41 Å². The summed E-state index contributed by atoms with van der Waals surface area (Å²) in [5.41, 5.74) is -1.74. The van der Waals surface area contributed by atoms with Crippen LogP contribution in [0.3, 0.4) is 0 Å².